The molecule has 10 heteroatoms. The molecule has 0 radical (unpaired) electrons. The molecule has 2 fully saturated rings. The number of fused-ring (bicyclic) bond motifs is 1. The minimum atomic E-state index is -1.61. The molecule has 0 aromatic heterocycles. The minimum absolute atomic E-state index is 0.155. The van der Waals surface area contributed by atoms with Crippen molar-refractivity contribution < 1.29 is 49.3 Å². The van der Waals surface area contributed by atoms with Crippen LogP contribution in [0.1, 0.15) is 12.0 Å². The van der Waals surface area contributed by atoms with E-state index in [1.165, 1.54) is 12.3 Å². The van der Waals surface area contributed by atoms with Gasteiger partial charge in [0.1, 0.15) is 30.5 Å². The molecule has 1 aromatic carbocycles. The lowest BCUT2D eigenvalue weighted by Gasteiger charge is -2.42. The van der Waals surface area contributed by atoms with E-state index in [0.717, 1.165) is 5.56 Å². The molecule has 4 rings (SSSR count). The van der Waals surface area contributed by atoms with Gasteiger partial charge in [0.2, 0.25) is 6.29 Å². The average Bonchev–Trinajstić information content (AvgIpc) is 3.14. The summed E-state index contributed by atoms with van der Waals surface area (Å²) in [5.74, 6) is -1.66. The van der Waals surface area contributed by atoms with Gasteiger partial charge in [-0.2, -0.15) is 0 Å². The zero-order chi connectivity index (χ0) is 23.5. The van der Waals surface area contributed by atoms with E-state index >= 15 is 0 Å². The SMILES string of the molecule is O=C(C=Cc1ccccc1)OC1CC(O)C2C=COC(OC3OC(CO)C(O)C(O)C3O)C12. The molecule has 2 aliphatic heterocycles. The fourth-order valence-electron chi connectivity index (χ4n) is 4.45. The monoisotopic (exact) mass is 464 g/mol. The van der Waals surface area contributed by atoms with Crippen LogP contribution in [0.3, 0.4) is 0 Å². The number of carbonyl (C=O) groups excluding carboxylic acids is 1. The number of aliphatic hydroxyl groups is 5. The molecule has 10 nitrogen and oxygen atoms in total. The van der Waals surface area contributed by atoms with Crippen LogP contribution < -0.4 is 0 Å². The summed E-state index contributed by atoms with van der Waals surface area (Å²) in [5, 5.41) is 50.1. The van der Waals surface area contributed by atoms with Gasteiger partial charge in [-0.25, -0.2) is 4.79 Å². The zero-order valence-corrected chi connectivity index (χ0v) is 17.7. The van der Waals surface area contributed by atoms with Crippen molar-refractivity contribution in [2.45, 2.75) is 55.6 Å². The van der Waals surface area contributed by atoms with Crippen LogP contribution in [0.5, 0.6) is 0 Å². The summed E-state index contributed by atoms with van der Waals surface area (Å²) in [5.41, 5.74) is 0.826. The van der Waals surface area contributed by atoms with Gasteiger partial charge in [0.15, 0.2) is 6.29 Å². The largest absolute Gasteiger partial charge is 0.472 e. The number of aliphatic hydroxyl groups excluding tert-OH is 5. The number of carbonyl (C=O) groups is 1. The Bertz CT molecular complexity index is 856. The van der Waals surface area contributed by atoms with Crippen molar-refractivity contribution in [3.63, 3.8) is 0 Å². The van der Waals surface area contributed by atoms with Crippen LogP contribution in [0.15, 0.2) is 48.7 Å². The van der Waals surface area contributed by atoms with E-state index < -0.39 is 73.6 Å². The molecular formula is C23H28O10. The third-order valence-electron chi connectivity index (χ3n) is 6.22. The highest BCUT2D eigenvalue weighted by Gasteiger charge is 2.53. The topological polar surface area (TPSA) is 155 Å². The van der Waals surface area contributed by atoms with E-state index in [9.17, 15) is 30.3 Å². The Morgan fingerprint density at radius 1 is 1.06 bits per heavy atom. The first-order valence-electron chi connectivity index (χ1n) is 10.8. The van der Waals surface area contributed by atoms with Crippen LogP contribution in [0.4, 0.5) is 0 Å². The molecule has 1 saturated carbocycles. The number of benzene rings is 1. The summed E-state index contributed by atoms with van der Waals surface area (Å²) < 4.78 is 22.3. The number of ether oxygens (including phenoxy) is 4. The van der Waals surface area contributed by atoms with Crippen molar-refractivity contribution in [1.82, 2.24) is 0 Å². The maximum absolute atomic E-state index is 12.4. The number of hydrogen-bond donors (Lipinski definition) is 5. The molecule has 180 valence electrons. The van der Waals surface area contributed by atoms with Gasteiger partial charge in [0.25, 0.3) is 0 Å². The van der Waals surface area contributed by atoms with E-state index in [-0.39, 0.29) is 6.42 Å². The lowest BCUT2D eigenvalue weighted by atomic mass is 9.91. The van der Waals surface area contributed by atoms with Gasteiger partial charge in [0, 0.05) is 18.4 Å². The Kier molecular flexibility index (Phi) is 7.45. The maximum Gasteiger partial charge on any atom is 0.331 e. The number of rotatable bonds is 6. The van der Waals surface area contributed by atoms with Gasteiger partial charge in [0.05, 0.1) is 24.9 Å². The summed E-state index contributed by atoms with van der Waals surface area (Å²) in [6, 6.07) is 9.22. The Labute approximate surface area is 190 Å². The van der Waals surface area contributed by atoms with Gasteiger partial charge in [-0.3, -0.25) is 0 Å². The van der Waals surface area contributed by atoms with Crippen molar-refractivity contribution in [2.75, 3.05) is 6.61 Å². The highest BCUT2D eigenvalue weighted by atomic mass is 16.8. The highest BCUT2D eigenvalue weighted by Crippen LogP contribution is 2.42. The molecule has 0 spiro atoms. The number of hydrogen-bond acceptors (Lipinski definition) is 10. The summed E-state index contributed by atoms with van der Waals surface area (Å²) in [7, 11) is 0. The quantitative estimate of drug-likeness (QED) is 0.269. The summed E-state index contributed by atoms with van der Waals surface area (Å²) in [6.07, 6.45) is -3.91. The van der Waals surface area contributed by atoms with Crippen LogP contribution >= 0.6 is 0 Å². The van der Waals surface area contributed by atoms with Crippen molar-refractivity contribution in [2.24, 2.45) is 11.8 Å². The zero-order valence-electron chi connectivity index (χ0n) is 17.7. The van der Waals surface area contributed by atoms with Gasteiger partial charge in [-0.05, 0) is 17.7 Å². The molecule has 2 heterocycles. The first-order valence-corrected chi connectivity index (χ1v) is 10.8. The molecule has 10 unspecified atom stereocenters. The molecule has 3 aliphatic rings. The second-order valence-corrected chi connectivity index (χ2v) is 8.34. The van der Waals surface area contributed by atoms with Crippen molar-refractivity contribution in [3.05, 3.63) is 54.3 Å². The molecule has 1 saturated heterocycles. The smallest absolute Gasteiger partial charge is 0.331 e. The Balaban J connectivity index is 1.45. The first-order chi connectivity index (χ1) is 15.9. The average molecular weight is 464 g/mol. The summed E-state index contributed by atoms with van der Waals surface area (Å²) in [6.45, 7) is -0.602. The summed E-state index contributed by atoms with van der Waals surface area (Å²) in [4.78, 5) is 12.4. The first kappa shape index (κ1) is 23.8. The lowest BCUT2D eigenvalue weighted by Crippen LogP contribution is -2.60. The van der Waals surface area contributed by atoms with Crippen LogP contribution in [-0.4, -0.2) is 87.3 Å². The molecular weight excluding hydrogens is 436 g/mol. The molecule has 1 aromatic rings. The van der Waals surface area contributed by atoms with Gasteiger partial charge >= 0.3 is 5.97 Å². The molecule has 1 aliphatic carbocycles. The van der Waals surface area contributed by atoms with Crippen LogP contribution in [0.2, 0.25) is 0 Å². The van der Waals surface area contributed by atoms with Crippen molar-refractivity contribution in [1.29, 1.82) is 0 Å². The Hall–Kier alpha value is -2.31. The van der Waals surface area contributed by atoms with E-state index in [1.807, 2.05) is 30.3 Å². The second-order valence-electron chi connectivity index (χ2n) is 8.34. The lowest BCUT2D eigenvalue weighted by molar-refractivity contribution is -0.343. The molecule has 10 atom stereocenters. The molecule has 5 N–H and O–H groups in total. The van der Waals surface area contributed by atoms with E-state index in [4.69, 9.17) is 18.9 Å². The van der Waals surface area contributed by atoms with E-state index in [2.05, 4.69) is 0 Å². The predicted octanol–water partition coefficient (Wildman–Crippen LogP) is -0.705. The number of esters is 1. The third-order valence-corrected chi connectivity index (χ3v) is 6.22. The molecule has 33 heavy (non-hydrogen) atoms. The standard InChI is InChI=1S/C23H28O10/c24-11-16-19(27)20(28)21(29)23(32-16)33-22-18-13(8-9-30-22)14(25)10-15(18)31-17(26)7-6-12-4-2-1-3-5-12/h1-9,13-16,18-25,27-29H,10-11H2. The molecule has 0 bridgehead atoms. The van der Waals surface area contributed by atoms with Crippen LogP contribution in [-0.2, 0) is 23.7 Å². The van der Waals surface area contributed by atoms with Crippen molar-refractivity contribution in [3.8, 4) is 0 Å². The summed E-state index contributed by atoms with van der Waals surface area (Å²) >= 11 is 0. The van der Waals surface area contributed by atoms with Crippen LogP contribution in [0, 0.1) is 11.8 Å². The van der Waals surface area contributed by atoms with E-state index in [1.54, 1.807) is 12.2 Å². The van der Waals surface area contributed by atoms with E-state index in [0.29, 0.717) is 0 Å². The van der Waals surface area contributed by atoms with Gasteiger partial charge < -0.3 is 44.5 Å². The normalized spacial score (nSPS) is 40.4. The third kappa shape index (κ3) is 5.12. The van der Waals surface area contributed by atoms with Gasteiger partial charge in [-0.15, -0.1) is 0 Å². The molecule has 0 amide bonds. The highest BCUT2D eigenvalue weighted by molar-refractivity contribution is 5.87. The predicted molar refractivity (Wildman–Crippen MR) is 112 cm³/mol. The Morgan fingerprint density at radius 3 is 2.55 bits per heavy atom. The van der Waals surface area contributed by atoms with Crippen LogP contribution in [0.25, 0.3) is 6.08 Å². The fourth-order valence-corrected chi connectivity index (χ4v) is 4.45. The van der Waals surface area contributed by atoms with Gasteiger partial charge in [-0.1, -0.05) is 30.3 Å². The second kappa shape index (κ2) is 10.3. The maximum atomic E-state index is 12.4. The fraction of sp³-hybridized carbons (Fsp3) is 0.522. The van der Waals surface area contributed by atoms with Crippen molar-refractivity contribution >= 4 is 12.0 Å². The minimum Gasteiger partial charge on any atom is -0.472 e. The Morgan fingerprint density at radius 2 is 1.82 bits per heavy atom.